The van der Waals surface area contributed by atoms with Gasteiger partial charge in [-0.05, 0) is 49.0 Å². The number of amides is 1. The molecule has 0 saturated carbocycles. The fourth-order valence-corrected chi connectivity index (χ4v) is 1.92. The second-order valence-electron chi connectivity index (χ2n) is 4.80. The molecule has 0 bridgehead atoms. The molecule has 0 aliphatic rings. The Morgan fingerprint density at radius 1 is 1.17 bits per heavy atom. The zero-order chi connectivity index (χ0) is 17.7. The summed E-state index contributed by atoms with van der Waals surface area (Å²) in [7, 11) is 0. The molecule has 0 aromatic heterocycles. The van der Waals surface area contributed by atoms with Crippen molar-refractivity contribution in [2.75, 3.05) is 5.32 Å². The van der Waals surface area contributed by atoms with Gasteiger partial charge in [-0.15, -0.1) is 0 Å². The number of carbonyl (C=O) groups is 1. The summed E-state index contributed by atoms with van der Waals surface area (Å²) in [6.07, 6.45) is 0. The lowest BCUT2D eigenvalue weighted by atomic mass is 10.2. The van der Waals surface area contributed by atoms with Crippen molar-refractivity contribution in [2.24, 2.45) is 0 Å². The third-order valence-corrected chi connectivity index (χ3v) is 3.26. The largest absolute Gasteiger partial charge is 0.331 e. The molecule has 7 nitrogen and oxygen atoms in total. The van der Waals surface area contributed by atoms with E-state index in [1.165, 1.54) is 30.3 Å². The van der Waals surface area contributed by atoms with Crippen LogP contribution in [0.25, 0.3) is 0 Å². The number of nitro benzene ring substituents is 1. The van der Waals surface area contributed by atoms with Crippen molar-refractivity contribution in [3.8, 4) is 0 Å². The highest BCUT2D eigenvalue weighted by Crippen LogP contribution is 2.13. The van der Waals surface area contributed by atoms with E-state index in [4.69, 9.17) is 12.2 Å². The summed E-state index contributed by atoms with van der Waals surface area (Å²) in [6, 6.07) is 9.60. The Labute approximate surface area is 142 Å². The summed E-state index contributed by atoms with van der Waals surface area (Å²) >= 11 is 4.99. The summed E-state index contributed by atoms with van der Waals surface area (Å²) in [5.74, 6) is -0.901. The number of hydrogen-bond acceptors (Lipinski definition) is 4. The number of non-ortho nitro benzene ring substituents is 1. The van der Waals surface area contributed by atoms with Crippen molar-refractivity contribution in [3.63, 3.8) is 0 Å². The lowest BCUT2D eigenvalue weighted by molar-refractivity contribution is -0.384. The molecule has 2 aromatic rings. The van der Waals surface area contributed by atoms with Crippen LogP contribution < -0.4 is 16.2 Å². The predicted octanol–water partition coefficient (Wildman–Crippen LogP) is 2.67. The Morgan fingerprint density at radius 2 is 1.83 bits per heavy atom. The first kappa shape index (κ1) is 17.3. The van der Waals surface area contributed by atoms with E-state index in [9.17, 15) is 19.3 Å². The van der Waals surface area contributed by atoms with E-state index >= 15 is 0 Å². The summed E-state index contributed by atoms with van der Waals surface area (Å²) in [5.41, 5.74) is 5.85. The van der Waals surface area contributed by atoms with Gasteiger partial charge >= 0.3 is 0 Å². The number of rotatable bonds is 3. The monoisotopic (exact) mass is 348 g/mol. The second-order valence-corrected chi connectivity index (χ2v) is 5.21. The standard InChI is InChI=1S/C15H13FN4O3S/c1-9-2-5-11(8-13(9)16)17-15(24)19-18-14(21)10-3-6-12(7-4-10)20(22)23/h2-8H,1H3,(H,18,21)(H2,17,19,24). The number of anilines is 1. The van der Waals surface area contributed by atoms with Crippen LogP contribution in [0.4, 0.5) is 15.8 Å². The fourth-order valence-electron chi connectivity index (χ4n) is 1.75. The van der Waals surface area contributed by atoms with E-state index in [0.29, 0.717) is 11.3 Å². The topological polar surface area (TPSA) is 96.3 Å². The molecule has 124 valence electrons. The predicted molar refractivity (Wildman–Crippen MR) is 91.1 cm³/mol. The van der Waals surface area contributed by atoms with Gasteiger partial charge in [0, 0.05) is 23.4 Å². The van der Waals surface area contributed by atoms with Crippen LogP contribution in [0.2, 0.25) is 0 Å². The van der Waals surface area contributed by atoms with E-state index < -0.39 is 10.8 Å². The van der Waals surface area contributed by atoms with Crippen LogP contribution in [0.5, 0.6) is 0 Å². The van der Waals surface area contributed by atoms with Crippen molar-refractivity contribution in [1.82, 2.24) is 10.9 Å². The lowest BCUT2D eigenvalue weighted by Gasteiger charge is -2.12. The van der Waals surface area contributed by atoms with Crippen LogP contribution in [0, 0.1) is 22.9 Å². The molecule has 0 saturated heterocycles. The highest BCUT2D eigenvalue weighted by molar-refractivity contribution is 7.80. The van der Waals surface area contributed by atoms with E-state index in [1.54, 1.807) is 19.1 Å². The van der Waals surface area contributed by atoms with Gasteiger partial charge in [-0.25, -0.2) is 4.39 Å². The summed E-state index contributed by atoms with van der Waals surface area (Å²) < 4.78 is 13.4. The SMILES string of the molecule is Cc1ccc(NC(=S)NNC(=O)c2ccc([N+](=O)[O-])cc2)cc1F. The van der Waals surface area contributed by atoms with Gasteiger partial charge in [0.05, 0.1) is 4.92 Å². The normalized spacial score (nSPS) is 9.92. The van der Waals surface area contributed by atoms with Gasteiger partial charge in [0.2, 0.25) is 0 Å². The van der Waals surface area contributed by atoms with E-state index in [2.05, 4.69) is 16.2 Å². The second kappa shape index (κ2) is 7.47. The van der Waals surface area contributed by atoms with Crippen molar-refractivity contribution in [3.05, 3.63) is 69.5 Å². The average molecular weight is 348 g/mol. The number of aryl methyl sites for hydroxylation is 1. The van der Waals surface area contributed by atoms with Crippen LogP contribution in [-0.2, 0) is 0 Å². The molecule has 0 heterocycles. The van der Waals surface area contributed by atoms with E-state index in [-0.39, 0.29) is 22.2 Å². The molecule has 1 amide bonds. The van der Waals surface area contributed by atoms with Crippen LogP contribution in [-0.4, -0.2) is 15.9 Å². The molecule has 3 N–H and O–H groups in total. The highest BCUT2D eigenvalue weighted by atomic mass is 32.1. The third kappa shape index (κ3) is 4.46. The van der Waals surface area contributed by atoms with Crippen molar-refractivity contribution in [2.45, 2.75) is 6.92 Å². The maximum Gasteiger partial charge on any atom is 0.269 e. The Kier molecular flexibility index (Phi) is 5.38. The number of hydrogen-bond donors (Lipinski definition) is 3. The maximum atomic E-state index is 13.4. The smallest absolute Gasteiger partial charge is 0.269 e. The number of nitrogens with zero attached hydrogens (tertiary/aromatic N) is 1. The van der Waals surface area contributed by atoms with Crippen LogP contribution >= 0.6 is 12.2 Å². The molecule has 0 atom stereocenters. The Hall–Kier alpha value is -3.07. The molecule has 0 aliphatic heterocycles. The molecule has 0 spiro atoms. The molecule has 0 unspecified atom stereocenters. The minimum Gasteiger partial charge on any atom is -0.331 e. The van der Waals surface area contributed by atoms with Crippen LogP contribution in [0.1, 0.15) is 15.9 Å². The maximum absolute atomic E-state index is 13.4. The van der Waals surface area contributed by atoms with Gasteiger partial charge in [0.15, 0.2) is 5.11 Å². The van der Waals surface area contributed by atoms with Crippen molar-refractivity contribution >= 4 is 34.6 Å². The van der Waals surface area contributed by atoms with Gasteiger partial charge in [-0.3, -0.25) is 25.8 Å². The lowest BCUT2D eigenvalue weighted by Crippen LogP contribution is -2.43. The van der Waals surface area contributed by atoms with E-state index in [1.807, 2.05) is 0 Å². The molecule has 9 heteroatoms. The summed E-state index contributed by atoms with van der Waals surface area (Å²) in [4.78, 5) is 21.9. The molecule has 2 aromatic carbocycles. The van der Waals surface area contributed by atoms with Crippen LogP contribution in [0.15, 0.2) is 42.5 Å². The van der Waals surface area contributed by atoms with Gasteiger partial charge in [0.25, 0.3) is 11.6 Å². The minimum absolute atomic E-state index is 0.0634. The Morgan fingerprint density at radius 3 is 2.42 bits per heavy atom. The molecule has 0 radical (unpaired) electrons. The van der Waals surface area contributed by atoms with Crippen molar-refractivity contribution < 1.29 is 14.1 Å². The molecule has 2 rings (SSSR count). The zero-order valence-corrected chi connectivity index (χ0v) is 13.3. The minimum atomic E-state index is -0.556. The van der Waals surface area contributed by atoms with Gasteiger partial charge in [0.1, 0.15) is 5.82 Å². The summed E-state index contributed by atoms with van der Waals surface area (Å²) in [5, 5.41) is 13.3. The molecular weight excluding hydrogens is 335 g/mol. The first-order chi connectivity index (χ1) is 11.4. The number of halogens is 1. The molecule has 0 aliphatic carbocycles. The number of carbonyl (C=O) groups excluding carboxylic acids is 1. The van der Waals surface area contributed by atoms with Gasteiger partial charge in [-0.2, -0.15) is 0 Å². The molecular formula is C15H13FN4O3S. The molecule has 0 fully saturated rings. The fraction of sp³-hybridized carbons (Fsp3) is 0.0667. The quantitative estimate of drug-likeness (QED) is 0.448. The highest BCUT2D eigenvalue weighted by Gasteiger charge is 2.09. The van der Waals surface area contributed by atoms with Gasteiger partial charge in [-0.1, -0.05) is 6.07 Å². The molecule has 24 heavy (non-hydrogen) atoms. The number of nitrogens with one attached hydrogen (secondary N) is 3. The summed E-state index contributed by atoms with van der Waals surface area (Å²) in [6.45, 7) is 1.64. The number of nitro groups is 1. The number of thiocarbonyl (C=S) groups is 1. The third-order valence-electron chi connectivity index (χ3n) is 3.06. The first-order valence-corrected chi connectivity index (χ1v) is 7.15. The zero-order valence-electron chi connectivity index (χ0n) is 12.5. The van der Waals surface area contributed by atoms with E-state index in [0.717, 1.165) is 0 Å². The first-order valence-electron chi connectivity index (χ1n) is 6.75. The van der Waals surface area contributed by atoms with Crippen molar-refractivity contribution in [1.29, 1.82) is 0 Å². The van der Waals surface area contributed by atoms with Gasteiger partial charge < -0.3 is 5.32 Å². The van der Waals surface area contributed by atoms with Crippen LogP contribution in [0.3, 0.4) is 0 Å². The Balaban J connectivity index is 1.89. The average Bonchev–Trinajstić information content (AvgIpc) is 2.56. The number of hydrazine groups is 1. The number of benzene rings is 2. The Bertz CT molecular complexity index is 796.